The van der Waals surface area contributed by atoms with Gasteiger partial charge in [0.05, 0.1) is 4.92 Å². The largest absolute Gasteiger partial charge is 0.353 e. The predicted octanol–water partition coefficient (Wildman–Crippen LogP) is 3.28. The summed E-state index contributed by atoms with van der Waals surface area (Å²) in [4.78, 5) is 24.1. The maximum atomic E-state index is 11.9. The molecule has 0 spiro atoms. The van der Waals surface area contributed by atoms with Crippen molar-refractivity contribution in [2.24, 2.45) is 0 Å². The number of hydrogen-bond donors (Lipinski definition) is 1. The van der Waals surface area contributed by atoms with Gasteiger partial charge in [-0.15, -0.1) is 0 Å². The third-order valence-corrected chi connectivity index (χ3v) is 5.20. The number of hydrogen-bond acceptors (Lipinski definition) is 7. The van der Waals surface area contributed by atoms with E-state index in [0.717, 1.165) is 42.7 Å². The molecular formula is C19H26N6O2. The van der Waals surface area contributed by atoms with Crippen molar-refractivity contribution in [2.75, 3.05) is 37.4 Å². The van der Waals surface area contributed by atoms with Gasteiger partial charge >= 0.3 is 5.69 Å². The van der Waals surface area contributed by atoms with Gasteiger partial charge in [-0.2, -0.15) is 0 Å². The van der Waals surface area contributed by atoms with E-state index in [1.807, 2.05) is 44.0 Å². The van der Waals surface area contributed by atoms with Crippen LogP contribution in [0.2, 0.25) is 0 Å². The molecule has 0 amide bonds. The van der Waals surface area contributed by atoms with Gasteiger partial charge in [0.2, 0.25) is 11.6 Å². The smallest absolute Gasteiger partial charge is 0.351 e. The molecule has 0 unspecified atom stereocenters. The summed E-state index contributed by atoms with van der Waals surface area (Å²) in [5, 5.41) is 15.0. The average Bonchev–Trinajstić information content (AvgIpc) is 2.64. The second-order valence-electron chi connectivity index (χ2n) is 7.24. The molecule has 8 heteroatoms. The first-order valence-corrected chi connectivity index (χ1v) is 9.12. The Morgan fingerprint density at radius 2 is 1.96 bits per heavy atom. The van der Waals surface area contributed by atoms with Crippen LogP contribution in [0.15, 0.2) is 24.5 Å². The summed E-state index contributed by atoms with van der Waals surface area (Å²) >= 11 is 0. The molecule has 0 atom stereocenters. The van der Waals surface area contributed by atoms with Crippen molar-refractivity contribution in [1.29, 1.82) is 0 Å². The van der Waals surface area contributed by atoms with Crippen molar-refractivity contribution in [3.8, 4) is 0 Å². The van der Waals surface area contributed by atoms with E-state index in [9.17, 15) is 10.1 Å². The molecule has 1 aromatic carbocycles. The number of nitro groups is 1. The second-order valence-corrected chi connectivity index (χ2v) is 7.24. The Morgan fingerprint density at radius 3 is 2.63 bits per heavy atom. The number of anilines is 3. The topological polar surface area (TPSA) is 87.4 Å². The highest BCUT2D eigenvalue weighted by Gasteiger charge is 2.30. The fourth-order valence-electron chi connectivity index (χ4n) is 3.44. The molecule has 1 aliphatic heterocycles. The lowest BCUT2D eigenvalue weighted by molar-refractivity contribution is -0.383. The zero-order chi connectivity index (χ0) is 19.6. The van der Waals surface area contributed by atoms with Gasteiger partial charge in [0.25, 0.3) is 0 Å². The minimum Gasteiger partial charge on any atom is -0.351 e. The van der Waals surface area contributed by atoms with Crippen LogP contribution in [0.1, 0.15) is 24.0 Å². The van der Waals surface area contributed by atoms with Crippen LogP contribution in [0.3, 0.4) is 0 Å². The fraction of sp³-hybridized carbons (Fsp3) is 0.474. The summed E-state index contributed by atoms with van der Waals surface area (Å²) in [6.07, 6.45) is 3.29. The summed E-state index contributed by atoms with van der Waals surface area (Å²) in [7, 11) is 3.97. The molecule has 2 heterocycles. The normalized spacial score (nSPS) is 15.6. The lowest BCUT2D eigenvalue weighted by Gasteiger charge is -2.35. The van der Waals surface area contributed by atoms with E-state index in [0.29, 0.717) is 5.82 Å². The van der Waals surface area contributed by atoms with Gasteiger partial charge < -0.3 is 15.1 Å². The SMILES string of the molecule is Cc1ccc(C)c(Nc2ncnc(N(C)C3CCN(C)CC3)c2[N+](=O)[O-])c1. The molecule has 27 heavy (non-hydrogen) atoms. The van der Waals surface area contributed by atoms with E-state index in [4.69, 9.17) is 0 Å². The van der Waals surface area contributed by atoms with Crippen LogP contribution in [0.4, 0.5) is 23.0 Å². The third kappa shape index (κ3) is 4.16. The Kier molecular flexibility index (Phi) is 5.55. The van der Waals surface area contributed by atoms with Gasteiger partial charge in [-0.3, -0.25) is 10.1 Å². The van der Waals surface area contributed by atoms with Gasteiger partial charge in [0.1, 0.15) is 6.33 Å². The first-order valence-electron chi connectivity index (χ1n) is 9.12. The molecule has 3 rings (SSSR count). The monoisotopic (exact) mass is 370 g/mol. The first kappa shape index (κ1) is 19.0. The zero-order valence-corrected chi connectivity index (χ0v) is 16.3. The Hall–Kier alpha value is -2.74. The molecule has 0 saturated carbocycles. The molecule has 1 aromatic heterocycles. The number of piperidine rings is 1. The Labute approximate surface area is 159 Å². The highest BCUT2D eigenvalue weighted by atomic mass is 16.6. The summed E-state index contributed by atoms with van der Waals surface area (Å²) in [6.45, 7) is 5.89. The van der Waals surface area contributed by atoms with Crippen molar-refractivity contribution < 1.29 is 4.92 Å². The van der Waals surface area contributed by atoms with Crippen molar-refractivity contribution >= 4 is 23.0 Å². The predicted molar refractivity (Wildman–Crippen MR) is 107 cm³/mol. The van der Waals surface area contributed by atoms with E-state index in [2.05, 4.69) is 27.2 Å². The maximum absolute atomic E-state index is 11.9. The minimum atomic E-state index is -0.395. The number of benzene rings is 1. The highest BCUT2D eigenvalue weighted by Crippen LogP contribution is 2.35. The van der Waals surface area contributed by atoms with E-state index in [1.54, 1.807) is 0 Å². The Balaban J connectivity index is 1.95. The van der Waals surface area contributed by atoms with Crippen LogP contribution in [0.25, 0.3) is 0 Å². The van der Waals surface area contributed by atoms with Crippen LogP contribution in [0.5, 0.6) is 0 Å². The first-order chi connectivity index (χ1) is 12.9. The third-order valence-electron chi connectivity index (χ3n) is 5.20. The van der Waals surface area contributed by atoms with Crippen molar-refractivity contribution in [1.82, 2.24) is 14.9 Å². The number of rotatable bonds is 5. The fourth-order valence-corrected chi connectivity index (χ4v) is 3.44. The summed E-state index contributed by atoms with van der Waals surface area (Å²) in [5.41, 5.74) is 2.80. The second kappa shape index (κ2) is 7.87. The summed E-state index contributed by atoms with van der Waals surface area (Å²) in [6, 6.07) is 6.18. The zero-order valence-electron chi connectivity index (χ0n) is 16.3. The molecular weight excluding hydrogens is 344 g/mol. The minimum absolute atomic E-state index is 0.0835. The molecule has 144 valence electrons. The highest BCUT2D eigenvalue weighted by molar-refractivity contribution is 5.75. The molecule has 0 bridgehead atoms. The molecule has 1 N–H and O–H groups in total. The molecule has 1 aliphatic rings. The number of nitrogens with zero attached hydrogens (tertiary/aromatic N) is 5. The van der Waals surface area contributed by atoms with Gasteiger partial charge in [-0.1, -0.05) is 12.1 Å². The van der Waals surface area contributed by atoms with Crippen molar-refractivity contribution in [3.63, 3.8) is 0 Å². The lowest BCUT2D eigenvalue weighted by atomic mass is 10.0. The van der Waals surface area contributed by atoms with Crippen LogP contribution < -0.4 is 10.2 Å². The molecule has 1 fully saturated rings. The standard InChI is InChI=1S/C19H26N6O2/c1-13-5-6-14(2)16(11-13)22-18-17(25(26)27)19(21-12-20-18)24(4)15-7-9-23(3)10-8-15/h5-6,11-12,15H,7-10H2,1-4H3,(H,20,21,22). The maximum Gasteiger partial charge on any atom is 0.353 e. The van der Waals surface area contributed by atoms with Crippen LogP contribution in [0, 0.1) is 24.0 Å². The Bertz CT molecular complexity index is 833. The summed E-state index contributed by atoms with van der Waals surface area (Å²) in [5.74, 6) is 0.579. The van der Waals surface area contributed by atoms with Gasteiger partial charge in [0, 0.05) is 18.8 Å². The Morgan fingerprint density at radius 1 is 1.26 bits per heavy atom. The average molecular weight is 370 g/mol. The molecule has 2 aromatic rings. The summed E-state index contributed by atoms with van der Waals surface area (Å²) < 4.78 is 0. The van der Waals surface area contributed by atoms with E-state index in [-0.39, 0.29) is 17.5 Å². The quantitative estimate of drug-likeness (QED) is 0.638. The lowest BCUT2D eigenvalue weighted by Crippen LogP contribution is -2.42. The number of aryl methyl sites for hydroxylation is 2. The van der Waals surface area contributed by atoms with Crippen LogP contribution in [-0.4, -0.2) is 53.0 Å². The van der Waals surface area contributed by atoms with Crippen LogP contribution >= 0.6 is 0 Å². The van der Waals surface area contributed by atoms with Gasteiger partial charge in [-0.05, 0) is 64.0 Å². The number of aromatic nitrogens is 2. The van der Waals surface area contributed by atoms with Crippen molar-refractivity contribution in [2.45, 2.75) is 32.7 Å². The number of nitrogens with one attached hydrogen (secondary N) is 1. The molecule has 1 saturated heterocycles. The molecule has 0 radical (unpaired) electrons. The van der Waals surface area contributed by atoms with E-state index in [1.165, 1.54) is 6.33 Å². The number of likely N-dealkylation sites (tertiary alicyclic amines) is 1. The van der Waals surface area contributed by atoms with E-state index >= 15 is 0 Å². The van der Waals surface area contributed by atoms with Gasteiger partial charge in [-0.25, -0.2) is 9.97 Å². The molecule has 0 aliphatic carbocycles. The van der Waals surface area contributed by atoms with E-state index < -0.39 is 4.92 Å². The van der Waals surface area contributed by atoms with Crippen molar-refractivity contribution in [3.05, 3.63) is 45.8 Å². The van der Waals surface area contributed by atoms with Gasteiger partial charge in [0.15, 0.2) is 0 Å². The van der Waals surface area contributed by atoms with Crippen LogP contribution in [-0.2, 0) is 0 Å². The molecule has 8 nitrogen and oxygen atoms in total.